The van der Waals surface area contributed by atoms with Gasteiger partial charge in [-0.25, -0.2) is 9.97 Å². The van der Waals surface area contributed by atoms with Crippen molar-refractivity contribution in [3.8, 4) is 0 Å². The Labute approximate surface area is 209 Å². The van der Waals surface area contributed by atoms with E-state index in [1.807, 2.05) is 6.92 Å². The van der Waals surface area contributed by atoms with E-state index in [2.05, 4.69) is 30.9 Å². The minimum absolute atomic E-state index is 0.0237. The van der Waals surface area contributed by atoms with E-state index >= 15 is 0 Å². The lowest BCUT2D eigenvalue weighted by Crippen LogP contribution is -2.48. The molecule has 2 heterocycles. The number of nitrogens with one attached hydrogen (secondary N) is 3. The molecule has 0 radical (unpaired) electrons. The number of amides is 2. The Balaban J connectivity index is 1.34. The predicted molar refractivity (Wildman–Crippen MR) is 127 cm³/mol. The number of anilines is 2. The zero-order chi connectivity index (χ0) is 25.9. The average Bonchev–Trinajstić information content (AvgIpc) is 3.64. The maximum atomic E-state index is 13.3. The summed E-state index contributed by atoms with van der Waals surface area (Å²) in [6.07, 6.45) is 1.28. The molecule has 2 aromatic heterocycles. The lowest BCUT2D eigenvalue weighted by molar-refractivity contribution is -0.137. The van der Waals surface area contributed by atoms with Crippen LogP contribution in [0.1, 0.15) is 47.2 Å². The van der Waals surface area contributed by atoms with E-state index in [9.17, 15) is 22.8 Å². The molecule has 0 atom stereocenters. The normalized spacial score (nSPS) is 14.1. The van der Waals surface area contributed by atoms with Crippen molar-refractivity contribution in [1.29, 1.82) is 0 Å². The summed E-state index contributed by atoms with van der Waals surface area (Å²) >= 11 is 5.71. The van der Waals surface area contributed by atoms with Gasteiger partial charge < -0.3 is 16.0 Å². The van der Waals surface area contributed by atoms with Crippen LogP contribution in [0.2, 0.25) is 5.02 Å². The molecule has 1 aliphatic carbocycles. The number of rotatable bonds is 8. The zero-order valence-electron chi connectivity index (χ0n) is 19.1. The summed E-state index contributed by atoms with van der Waals surface area (Å²) in [7, 11) is 0. The molecule has 0 bridgehead atoms. The molecule has 36 heavy (non-hydrogen) atoms. The second-order valence-corrected chi connectivity index (χ2v) is 8.75. The number of carbonyl (C=O) groups excluding carboxylic acids is 2. The second-order valence-electron chi connectivity index (χ2n) is 8.31. The molecule has 0 saturated heterocycles. The van der Waals surface area contributed by atoms with E-state index < -0.39 is 23.2 Å². The fourth-order valence-electron chi connectivity index (χ4n) is 3.44. The van der Waals surface area contributed by atoms with Gasteiger partial charge in [-0.05, 0) is 43.2 Å². The first-order chi connectivity index (χ1) is 17.1. The minimum atomic E-state index is -4.58. The van der Waals surface area contributed by atoms with Crippen LogP contribution in [0.4, 0.5) is 24.5 Å². The highest BCUT2D eigenvalue weighted by atomic mass is 35.5. The van der Waals surface area contributed by atoms with Gasteiger partial charge in [0.1, 0.15) is 11.4 Å². The number of nitrogens with zero attached hydrogens (tertiary/aromatic N) is 3. The number of aromatic nitrogens is 3. The zero-order valence-corrected chi connectivity index (χ0v) is 19.9. The molecule has 4 rings (SSSR count). The van der Waals surface area contributed by atoms with Gasteiger partial charge in [0, 0.05) is 23.8 Å². The van der Waals surface area contributed by atoms with E-state index in [1.54, 1.807) is 12.1 Å². The molecule has 0 aliphatic heterocycles. The summed E-state index contributed by atoms with van der Waals surface area (Å²) < 4.78 is 39.9. The monoisotopic (exact) mass is 518 g/mol. The van der Waals surface area contributed by atoms with Gasteiger partial charge in [0.2, 0.25) is 5.91 Å². The van der Waals surface area contributed by atoms with Crippen molar-refractivity contribution in [2.45, 2.75) is 44.4 Å². The van der Waals surface area contributed by atoms with Crippen LogP contribution in [0.5, 0.6) is 0 Å². The Bertz CT molecular complexity index is 1260. The van der Waals surface area contributed by atoms with Crippen molar-refractivity contribution in [2.24, 2.45) is 0 Å². The third kappa shape index (κ3) is 5.91. The average molecular weight is 519 g/mol. The molecule has 8 nitrogen and oxygen atoms in total. The molecule has 1 aliphatic rings. The first-order valence-electron chi connectivity index (χ1n) is 11.1. The lowest BCUT2D eigenvalue weighted by atomic mass is 10.1. The first-order valence-corrected chi connectivity index (χ1v) is 11.5. The molecule has 188 valence electrons. The lowest BCUT2D eigenvalue weighted by Gasteiger charge is -2.17. The molecule has 1 saturated carbocycles. The van der Waals surface area contributed by atoms with E-state index in [4.69, 9.17) is 11.6 Å². The van der Waals surface area contributed by atoms with E-state index in [0.29, 0.717) is 36.5 Å². The molecular weight excluding hydrogens is 497 g/mol. The fourth-order valence-corrected chi connectivity index (χ4v) is 3.61. The van der Waals surface area contributed by atoms with Crippen LogP contribution in [0, 0.1) is 0 Å². The summed E-state index contributed by atoms with van der Waals surface area (Å²) in [5.41, 5.74) is -0.950. The van der Waals surface area contributed by atoms with Crippen molar-refractivity contribution in [1.82, 2.24) is 25.6 Å². The number of halogens is 4. The first kappa shape index (κ1) is 25.4. The topological polar surface area (TPSA) is 109 Å². The van der Waals surface area contributed by atoms with Crippen molar-refractivity contribution >= 4 is 34.8 Å². The van der Waals surface area contributed by atoms with Crippen molar-refractivity contribution in [3.63, 3.8) is 0 Å². The minimum Gasteiger partial charge on any atom is -0.354 e. The number of pyridine rings is 1. The Morgan fingerprint density at radius 1 is 1.06 bits per heavy atom. The Morgan fingerprint density at radius 3 is 2.36 bits per heavy atom. The SMILES string of the molecule is CCc1ncc(C(=O)NC2(C(=O)NCc3ccc(Nc4ccc(Cl)cc4C(F)(F)F)cn3)CC2)cn1. The van der Waals surface area contributed by atoms with Gasteiger partial charge in [-0.1, -0.05) is 18.5 Å². The van der Waals surface area contributed by atoms with Crippen molar-refractivity contribution in [2.75, 3.05) is 5.32 Å². The number of alkyl halides is 3. The summed E-state index contributed by atoms with van der Waals surface area (Å²) in [6, 6.07) is 6.58. The van der Waals surface area contributed by atoms with Crippen LogP contribution in [0.3, 0.4) is 0 Å². The van der Waals surface area contributed by atoms with Crippen LogP contribution in [0.25, 0.3) is 0 Å². The summed E-state index contributed by atoms with van der Waals surface area (Å²) in [6.45, 7) is 1.99. The number of carbonyl (C=O) groups is 2. The number of hydrogen-bond acceptors (Lipinski definition) is 6. The van der Waals surface area contributed by atoms with E-state index in [0.717, 1.165) is 6.07 Å². The molecule has 1 aromatic carbocycles. The summed E-state index contributed by atoms with van der Waals surface area (Å²) in [4.78, 5) is 37.6. The largest absolute Gasteiger partial charge is 0.418 e. The predicted octanol–water partition coefficient (Wildman–Crippen LogP) is 4.43. The summed E-state index contributed by atoms with van der Waals surface area (Å²) in [5.74, 6) is -0.158. The number of benzene rings is 1. The maximum absolute atomic E-state index is 13.3. The molecule has 3 N–H and O–H groups in total. The third-order valence-corrected chi connectivity index (χ3v) is 5.88. The van der Waals surface area contributed by atoms with Gasteiger partial charge in [0.15, 0.2) is 0 Å². The smallest absolute Gasteiger partial charge is 0.354 e. The maximum Gasteiger partial charge on any atom is 0.418 e. The molecule has 2 amide bonds. The summed E-state index contributed by atoms with van der Waals surface area (Å²) in [5, 5.41) is 8.17. The molecule has 3 aromatic rings. The third-order valence-electron chi connectivity index (χ3n) is 5.64. The second kappa shape index (κ2) is 10.1. The van der Waals surface area contributed by atoms with E-state index in [-0.39, 0.29) is 28.7 Å². The Hall–Kier alpha value is -3.73. The van der Waals surface area contributed by atoms with Crippen molar-refractivity contribution in [3.05, 3.63) is 76.6 Å². The Kier molecular flexibility index (Phi) is 7.11. The van der Waals surface area contributed by atoms with Crippen LogP contribution in [-0.4, -0.2) is 32.3 Å². The highest BCUT2D eigenvalue weighted by Gasteiger charge is 2.51. The highest BCUT2D eigenvalue weighted by Crippen LogP contribution is 2.38. The van der Waals surface area contributed by atoms with Gasteiger partial charge >= 0.3 is 6.18 Å². The van der Waals surface area contributed by atoms with Gasteiger partial charge in [0.05, 0.1) is 40.9 Å². The van der Waals surface area contributed by atoms with Crippen LogP contribution < -0.4 is 16.0 Å². The van der Waals surface area contributed by atoms with Gasteiger partial charge in [0.25, 0.3) is 5.91 Å². The van der Waals surface area contributed by atoms with Crippen molar-refractivity contribution < 1.29 is 22.8 Å². The molecule has 0 spiro atoms. The van der Waals surface area contributed by atoms with Crippen LogP contribution in [0.15, 0.2) is 48.9 Å². The molecule has 1 fully saturated rings. The number of aryl methyl sites for hydroxylation is 1. The van der Waals surface area contributed by atoms with Gasteiger partial charge in [-0.15, -0.1) is 0 Å². The van der Waals surface area contributed by atoms with Gasteiger partial charge in [-0.3, -0.25) is 14.6 Å². The Morgan fingerprint density at radius 2 is 1.78 bits per heavy atom. The van der Waals surface area contributed by atoms with Crippen LogP contribution in [-0.2, 0) is 23.9 Å². The van der Waals surface area contributed by atoms with E-state index in [1.165, 1.54) is 30.7 Å². The molecule has 12 heteroatoms. The molecule has 0 unspecified atom stereocenters. The highest BCUT2D eigenvalue weighted by molar-refractivity contribution is 6.30. The van der Waals surface area contributed by atoms with Crippen LogP contribution >= 0.6 is 11.6 Å². The quantitative estimate of drug-likeness (QED) is 0.407. The standard InChI is InChI=1S/C24H22ClF3N6O2/c1-2-20-30-10-14(11-31-20)21(35)34-23(7-8-23)22(36)32-12-16-4-5-17(13-29-16)33-19-6-3-15(25)9-18(19)24(26,27)28/h3-6,9-11,13,33H,2,7-8,12H2,1H3,(H,32,36)(H,34,35). The fraction of sp³-hybridized carbons (Fsp3) is 0.292. The molecular formula is C24H22ClF3N6O2. The van der Waals surface area contributed by atoms with Gasteiger partial charge in [-0.2, -0.15) is 13.2 Å². The number of hydrogen-bond donors (Lipinski definition) is 3.